The summed E-state index contributed by atoms with van der Waals surface area (Å²) in [5.41, 5.74) is 1.01. The van der Waals surface area contributed by atoms with E-state index in [4.69, 9.17) is 4.74 Å². The van der Waals surface area contributed by atoms with E-state index >= 15 is 0 Å². The predicted octanol–water partition coefficient (Wildman–Crippen LogP) is 3.97. The molecular formula is C16H23F2NO2. The van der Waals surface area contributed by atoms with Gasteiger partial charge in [0.15, 0.2) is 11.5 Å². The van der Waals surface area contributed by atoms with Crippen molar-refractivity contribution >= 4 is 0 Å². The molecule has 21 heavy (non-hydrogen) atoms. The van der Waals surface area contributed by atoms with Crippen molar-refractivity contribution in [3.05, 3.63) is 23.8 Å². The Morgan fingerprint density at radius 3 is 2.62 bits per heavy atom. The molecule has 1 aromatic carbocycles. The minimum Gasteiger partial charge on any atom is -0.493 e. The third kappa shape index (κ3) is 4.30. The van der Waals surface area contributed by atoms with E-state index in [0.717, 1.165) is 6.54 Å². The van der Waals surface area contributed by atoms with Crippen LogP contribution in [0.15, 0.2) is 18.2 Å². The first-order valence-electron chi connectivity index (χ1n) is 7.35. The van der Waals surface area contributed by atoms with Crippen LogP contribution in [0.2, 0.25) is 0 Å². The van der Waals surface area contributed by atoms with Crippen LogP contribution in [0.5, 0.6) is 11.5 Å². The monoisotopic (exact) mass is 299 g/mol. The second kappa shape index (κ2) is 7.07. The van der Waals surface area contributed by atoms with Crippen molar-refractivity contribution in [2.45, 2.75) is 45.8 Å². The Bertz CT molecular complexity index is 460. The molecule has 5 heteroatoms. The molecule has 0 heterocycles. The summed E-state index contributed by atoms with van der Waals surface area (Å²) in [4.78, 5) is 0. The lowest BCUT2D eigenvalue weighted by atomic mass is 9.89. The van der Waals surface area contributed by atoms with Crippen molar-refractivity contribution in [2.24, 2.45) is 5.41 Å². The van der Waals surface area contributed by atoms with Crippen LogP contribution < -0.4 is 14.8 Å². The fraction of sp³-hybridized carbons (Fsp3) is 0.625. The summed E-state index contributed by atoms with van der Waals surface area (Å²) in [7, 11) is 1.45. The average Bonchev–Trinajstić information content (AvgIpc) is 2.87. The van der Waals surface area contributed by atoms with Gasteiger partial charge in [0.05, 0.1) is 7.11 Å². The van der Waals surface area contributed by atoms with Gasteiger partial charge in [0, 0.05) is 18.7 Å². The van der Waals surface area contributed by atoms with Gasteiger partial charge < -0.3 is 14.8 Å². The molecule has 0 saturated heterocycles. The smallest absolute Gasteiger partial charge is 0.387 e. The third-order valence-electron chi connectivity index (χ3n) is 4.17. The Morgan fingerprint density at radius 2 is 2.00 bits per heavy atom. The van der Waals surface area contributed by atoms with Gasteiger partial charge in [-0.05, 0) is 24.3 Å². The highest BCUT2D eigenvalue weighted by Crippen LogP contribution is 2.37. The van der Waals surface area contributed by atoms with Crippen LogP contribution >= 0.6 is 0 Å². The zero-order valence-electron chi connectivity index (χ0n) is 12.6. The molecule has 1 saturated carbocycles. The molecule has 0 aromatic heterocycles. The van der Waals surface area contributed by atoms with Gasteiger partial charge >= 0.3 is 6.61 Å². The Hall–Kier alpha value is -1.36. The molecule has 0 atom stereocenters. The second-order valence-electron chi connectivity index (χ2n) is 5.95. The Morgan fingerprint density at radius 1 is 1.29 bits per heavy atom. The molecule has 0 aliphatic heterocycles. The maximum absolute atomic E-state index is 12.5. The summed E-state index contributed by atoms with van der Waals surface area (Å²) < 4.78 is 34.8. The highest BCUT2D eigenvalue weighted by atomic mass is 19.3. The van der Waals surface area contributed by atoms with Gasteiger partial charge in [-0.2, -0.15) is 8.78 Å². The molecular weight excluding hydrogens is 276 g/mol. The topological polar surface area (TPSA) is 30.5 Å². The van der Waals surface area contributed by atoms with Gasteiger partial charge in [-0.15, -0.1) is 0 Å². The summed E-state index contributed by atoms with van der Waals surface area (Å²) in [5.74, 6) is 0.459. The van der Waals surface area contributed by atoms with Crippen molar-refractivity contribution < 1.29 is 18.3 Å². The summed E-state index contributed by atoms with van der Waals surface area (Å²) in [5, 5.41) is 3.37. The SMILES string of the molecule is COc1cccc(CNCC2(C)CCCC2)c1OC(F)F. The molecule has 0 unspecified atom stereocenters. The number of nitrogens with one attached hydrogen (secondary N) is 1. The van der Waals surface area contributed by atoms with E-state index in [1.54, 1.807) is 18.2 Å². The van der Waals surface area contributed by atoms with Crippen molar-refractivity contribution in [3.8, 4) is 11.5 Å². The molecule has 1 N–H and O–H groups in total. The van der Waals surface area contributed by atoms with Gasteiger partial charge in [-0.3, -0.25) is 0 Å². The summed E-state index contributed by atoms with van der Waals surface area (Å²) in [6.45, 7) is 0.801. The zero-order chi connectivity index (χ0) is 15.3. The van der Waals surface area contributed by atoms with Crippen LogP contribution in [-0.4, -0.2) is 20.3 Å². The second-order valence-corrected chi connectivity index (χ2v) is 5.95. The number of hydrogen-bond donors (Lipinski definition) is 1. The number of hydrogen-bond acceptors (Lipinski definition) is 3. The van der Waals surface area contributed by atoms with Crippen molar-refractivity contribution in [1.82, 2.24) is 5.32 Å². The molecule has 1 aromatic rings. The molecule has 2 rings (SSSR count). The minimum atomic E-state index is -2.85. The van der Waals surface area contributed by atoms with Crippen LogP contribution in [0.25, 0.3) is 0 Å². The molecule has 0 radical (unpaired) electrons. The van der Waals surface area contributed by atoms with Gasteiger partial charge in [0.25, 0.3) is 0 Å². The van der Waals surface area contributed by atoms with E-state index in [1.807, 2.05) is 0 Å². The highest BCUT2D eigenvalue weighted by molar-refractivity contribution is 5.46. The number of alkyl halides is 2. The largest absolute Gasteiger partial charge is 0.493 e. The fourth-order valence-corrected chi connectivity index (χ4v) is 2.99. The zero-order valence-corrected chi connectivity index (χ0v) is 12.6. The molecule has 0 spiro atoms. The molecule has 1 fully saturated rings. The number of benzene rings is 1. The average molecular weight is 299 g/mol. The first kappa shape index (κ1) is 16.0. The van der Waals surface area contributed by atoms with Crippen LogP contribution in [0.4, 0.5) is 8.78 Å². The van der Waals surface area contributed by atoms with Crippen molar-refractivity contribution in [2.75, 3.05) is 13.7 Å². The van der Waals surface area contributed by atoms with Gasteiger partial charge in [0.1, 0.15) is 0 Å². The number of halogens is 2. The van der Waals surface area contributed by atoms with E-state index in [0.29, 0.717) is 23.3 Å². The summed E-state index contributed by atoms with van der Waals surface area (Å²) >= 11 is 0. The van der Waals surface area contributed by atoms with Crippen LogP contribution in [0, 0.1) is 5.41 Å². The van der Waals surface area contributed by atoms with E-state index < -0.39 is 6.61 Å². The fourth-order valence-electron chi connectivity index (χ4n) is 2.99. The van der Waals surface area contributed by atoms with Crippen LogP contribution in [-0.2, 0) is 6.54 Å². The first-order valence-corrected chi connectivity index (χ1v) is 7.35. The maximum atomic E-state index is 12.5. The Labute approximate surface area is 124 Å². The Kier molecular flexibility index (Phi) is 5.39. The quantitative estimate of drug-likeness (QED) is 0.826. The minimum absolute atomic E-state index is 0.124. The van der Waals surface area contributed by atoms with Crippen molar-refractivity contribution in [1.29, 1.82) is 0 Å². The van der Waals surface area contributed by atoms with E-state index in [1.165, 1.54) is 32.8 Å². The number of rotatable bonds is 7. The molecule has 3 nitrogen and oxygen atoms in total. The standard InChI is InChI=1S/C16H23F2NO2/c1-16(8-3-4-9-16)11-19-10-12-6-5-7-13(20-2)14(12)21-15(17)18/h5-7,15,19H,3-4,8-11H2,1-2H3. The number of ether oxygens (including phenoxy) is 2. The van der Waals surface area contributed by atoms with E-state index in [2.05, 4.69) is 17.0 Å². The highest BCUT2D eigenvalue weighted by Gasteiger charge is 2.28. The molecule has 118 valence electrons. The van der Waals surface area contributed by atoms with Crippen LogP contribution in [0.3, 0.4) is 0 Å². The molecule has 0 amide bonds. The number of para-hydroxylation sites is 1. The maximum Gasteiger partial charge on any atom is 0.387 e. The van der Waals surface area contributed by atoms with Gasteiger partial charge in [-0.1, -0.05) is 31.9 Å². The summed E-state index contributed by atoms with van der Waals surface area (Å²) in [6, 6.07) is 5.19. The van der Waals surface area contributed by atoms with E-state index in [-0.39, 0.29) is 5.75 Å². The predicted molar refractivity (Wildman–Crippen MR) is 77.9 cm³/mol. The summed E-state index contributed by atoms with van der Waals surface area (Å²) in [6.07, 6.45) is 4.99. The van der Waals surface area contributed by atoms with Gasteiger partial charge in [0.2, 0.25) is 0 Å². The third-order valence-corrected chi connectivity index (χ3v) is 4.17. The lowest BCUT2D eigenvalue weighted by molar-refractivity contribution is -0.0518. The molecule has 0 bridgehead atoms. The van der Waals surface area contributed by atoms with Gasteiger partial charge in [-0.25, -0.2) is 0 Å². The Balaban J connectivity index is 2.01. The van der Waals surface area contributed by atoms with Crippen LogP contribution in [0.1, 0.15) is 38.2 Å². The normalized spacial score (nSPS) is 17.2. The van der Waals surface area contributed by atoms with Crippen molar-refractivity contribution in [3.63, 3.8) is 0 Å². The lowest BCUT2D eigenvalue weighted by Gasteiger charge is -2.24. The molecule has 1 aliphatic carbocycles. The first-order chi connectivity index (χ1) is 10.0. The van der Waals surface area contributed by atoms with E-state index in [9.17, 15) is 8.78 Å². The number of methoxy groups -OCH3 is 1. The lowest BCUT2D eigenvalue weighted by Crippen LogP contribution is -2.29. The molecule has 1 aliphatic rings.